The van der Waals surface area contributed by atoms with Gasteiger partial charge in [0.05, 0.1) is 0 Å². The van der Waals surface area contributed by atoms with Crippen LogP contribution in [-0.4, -0.2) is 30.3 Å². The second-order valence-electron chi connectivity index (χ2n) is 4.09. The average Bonchev–Trinajstić information content (AvgIpc) is 2.80. The molecular weight excluding hydrogens is 186 g/mol. The second kappa shape index (κ2) is 5.08. The van der Waals surface area contributed by atoms with E-state index in [1.807, 2.05) is 30.3 Å². The minimum Gasteiger partial charge on any atom is -0.303 e. The topological polar surface area (TPSA) is 20.3 Å². The minimum absolute atomic E-state index is 0.266. The number of likely N-dealkylation sites (tertiary alicyclic amines) is 1. The zero-order valence-electron chi connectivity index (χ0n) is 8.98. The quantitative estimate of drug-likeness (QED) is 0.700. The van der Waals surface area contributed by atoms with Gasteiger partial charge in [-0.3, -0.25) is 4.79 Å². The zero-order valence-corrected chi connectivity index (χ0v) is 8.98. The van der Waals surface area contributed by atoms with Crippen molar-refractivity contribution in [3.8, 4) is 0 Å². The number of ketones is 1. The average molecular weight is 203 g/mol. The molecule has 2 nitrogen and oxygen atoms in total. The van der Waals surface area contributed by atoms with Crippen LogP contribution in [-0.2, 0) is 0 Å². The summed E-state index contributed by atoms with van der Waals surface area (Å²) in [5, 5.41) is 0. The number of rotatable bonds is 4. The van der Waals surface area contributed by atoms with Crippen LogP contribution in [0, 0.1) is 0 Å². The summed E-state index contributed by atoms with van der Waals surface area (Å²) in [7, 11) is 0. The van der Waals surface area contributed by atoms with Crippen molar-refractivity contribution in [3.63, 3.8) is 0 Å². The van der Waals surface area contributed by atoms with Gasteiger partial charge >= 0.3 is 0 Å². The lowest BCUT2D eigenvalue weighted by Crippen LogP contribution is -2.22. The summed E-state index contributed by atoms with van der Waals surface area (Å²) in [6.45, 7) is 3.26. The van der Waals surface area contributed by atoms with Gasteiger partial charge in [-0.15, -0.1) is 0 Å². The first-order valence-corrected chi connectivity index (χ1v) is 5.67. The van der Waals surface area contributed by atoms with Crippen LogP contribution in [0.3, 0.4) is 0 Å². The Morgan fingerprint density at radius 2 is 1.80 bits per heavy atom. The molecule has 1 aromatic carbocycles. The van der Waals surface area contributed by atoms with E-state index in [9.17, 15) is 4.79 Å². The molecule has 2 heteroatoms. The maximum Gasteiger partial charge on any atom is 0.164 e. The minimum atomic E-state index is 0.266. The van der Waals surface area contributed by atoms with Crippen LogP contribution in [0.15, 0.2) is 30.3 Å². The summed E-state index contributed by atoms with van der Waals surface area (Å²) < 4.78 is 0. The third kappa shape index (κ3) is 2.90. The SMILES string of the molecule is O=C(CCN1CCCC1)c1ccccc1. The molecule has 2 rings (SSSR count). The van der Waals surface area contributed by atoms with Crippen molar-refractivity contribution in [2.45, 2.75) is 19.3 Å². The van der Waals surface area contributed by atoms with Crippen LogP contribution in [0.2, 0.25) is 0 Å². The fourth-order valence-electron chi connectivity index (χ4n) is 2.03. The number of carbonyl (C=O) groups excluding carboxylic acids is 1. The predicted molar refractivity (Wildman–Crippen MR) is 61.1 cm³/mol. The summed E-state index contributed by atoms with van der Waals surface area (Å²) >= 11 is 0. The number of carbonyl (C=O) groups is 1. The molecule has 1 fully saturated rings. The monoisotopic (exact) mass is 203 g/mol. The molecule has 1 saturated heterocycles. The molecule has 0 saturated carbocycles. The van der Waals surface area contributed by atoms with E-state index in [1.54, 1.807) is 0 Å². The van der Waals surface area contributed by atoms with Crippen LogP contribution < -0.4 is 0 Å². The van der Waals surface area contributed by atoms with Crippen molar-refractivity contribution in [2.24, 2.45) is 0 Å². The van der Waals surface area contributed by atoms with Gasteiger partial charge in [-0.1, -0.05) is 30.3 Å². The molecule has 0 unspecified atom stereocenters. The Hall–Kier alpha value is -1.15. The maximum absolute atomic E-state index is 11.8. The van der Waals surface area contributed by atoms with E-state index in [1.165, 1.54) is 25.9 Å². The van der Waals surface area contributed by atoms with E-state index in [2.05, 4.69) is 4.90 Å². The summed E-state index contributed by atoms with van der Waals surface area (Å²) in [5.41, 5.74) is 0.844. The number of nitrogens with zero attached hydrogens (tertiary/aromatic N) is 1. The highest BCUT2D eigenvalue weighted by Crippen LogP contribution is 2.09. The Balaban J connectivity index is 1.82. The normalized spacial score (nSPS) is 16.8. The molecule has 0 bridgehead atoms. The Morgan fingerprint density at radius 1 is 1.13 bits per heavy atom. The van der Waals surface area contributed by atoms with Crippen LogP contribution in [0.1, 0.15) is 29.6 Å². The Labute approximate surface area is 90.9 Å². The van der Waals surface area contributed by atoms with Gasteiger partial charge in [0.1, 0.15) is 0 Å². The molecule has 0 radical (unpaired) electrons. The van der Waals surface area contributed by atoms with Crippen molar-refractivity contribution in [1.29, 1.82) is 0 Å². The lowest BCUT2D eigenvalue weighted by molar-refractivity contribution is 0.0969. The lowest BCUT2D eigenvalue weighted by Gasteiger charge is -2.13. The number of Topliss-reactive ketones (excluding diaryl/α,β-unsaturated/α-hetero) is 1. The second-order valence-corrected chi connectivity index (χ2v) is 4.09. The van der Waals surface area contributed by atoms with Gasteiger partial charge in [0, 0.05) is 18.5 Å². The van der Waals surface area contributed by atoms with Crippen molar-refractivity contribution in [1.82, 2.24) is 4.90 Å². The standard InChI is InChI=1S/C13H17NO/c15-13(12-6-2-1-3-7-12)8-11-14-9-4-5-10-14/h1-3,6-7H,4-5,8-11H2. The van der Waals surface area contributed by atoms with E-state index in [-0.39, 0.29) is 5.78 Å². The molecule has 0 spiro atoms. The first-order chi connectivity index (χ1) is 7.36. The molecule has 1 heterocycles. The fraction of sp³-hybridized carbons (Fsp3) is 0.462. The van der Waals surface area contributed by atoms with E-state index in [0.717, 1.165) is 12.1 Å². The van der Waals surface area contributed by atoms with Crippen molar-refractivity contribution in [3.05, 3.63) is 35.9 Å². The van der Waals surface area contributed by atoms with Crippen LogP contribution in [0.25, 0.3) is 0 Å². The van der Waals surface area contributed by atoms with Gasteiger partial charge in [-0.2, -0.15) is 0 Å². The summed E-state index contributed by atoms with van der Waals surface area (Å²) in [5.74, 6) is 0.266. The highest BCUT2D eigenvalue weighted by molar-refractivity contribution is 5.96. The van der Waals surface area contributed by atoms with Gasteiger partial charge in [0.25, 0.3) is 0 Å². The van der Waals surface area contributed by atoms with Crippen LogP contribution in [0.4, 0.5) is 0 Å². The van der Waals surface area contributed by atoms with Gasteiger partial charge in [-0.25, -0.2) is 0 Å². The Kier molecular flexibility index (Phi) is 3.51. The third-order valence-electron chi connectivity index (χ3n) is 2.95. The van der Waals surface area contributed by atoms with Gasteiger partial charge < -0.3 is 4.90 Å². The van der Waals surface area contributed by atoms with Crippen LogP contribution in [0.5, 0.6) is 0 Å². The third-order valence-corrected chi connectivity index (χ3v) is 2.95. The largest absolute Gasteiger partial charge is 0.303 e. The molecule has 0 N–H and O–H groups in total. The fourth-order valence-corrected chi connectivity index (χ4v) is 2.03. The molecule has 0 atom stereocenters. The van der Waals surface area contributed by atoms with E-state index in [0.29, 0.717) is 6.42 Å². The van der Waals surface area contributed by atoms with Crippen molar-refractivity contribution in [2.75, 3.05) is 19.6 Å². The Morgan fingerprint density at radius 3 is 2.47 bits per heavy atom. The van der Waals surface area contributed by atoms with Gasteiger partial charge in [0.15, 0.2) is 5.78 Å². The number of hydrogen-bond donors (Lipinski definition) is 0. The number of benzene rings is 1. The predicted octanol–water partition coefficient (Wildman–Crippen LogP) is 2.36. The first-order valence-electron chi connectivity index (χ1n) is 5.67. The molecular formula is C13H17NO. The van der Waals surface area contributed by atoms with Crippen molar-refractivity contribution < 1.29 is 4.79 Å². The molecule has 1 aliphatic heterocycles. The molecule has 80 valence electrons. The molecule has 0 aliphatic carbocycles. The van der Waals surface area contributed by atoms with E-state index < -0.39 is 0 Å². The molecule has 0 aromatic heterocycles. The van der Waals surface area contributed by atoms with E-state index >= 15 is 0 Å². The first kappa shape index (κ1) is 10.4. The smallest absolute Gasteiger partial charge is 0.164 e. The lowest BCUT2D eigenvalue weighted by atomic mass is 10.1. The van der Waals surface area contributed by atoms with Gasteiger partial charge in [-0.05, 0) is 25.9 Å². The van der Waals surface area contributed by atoms with E-state index in [4.69, 9.17) is 0 Å². The molecule has 1 aromatic rings. The Bertz CT molecular complexity index is 315. The highest BCUT2D eigenvalue weighted by atomic mass is 16.1. The molecule has 15 heavy (non-hydrogen) atoms. The molecule has 0 amide bonds. The van der Waals surface area contributed by atoms with Crippen LogP contribution >= 0.6 is 0 Å². The maximum atomic E-state index is 11.8. The number of hydrogen-bond acceptors (Lipinski definition) is 2. The summed E-state index contributed by atoms with van der Waals surface area (Å²) in [4.78, 5) is 14.2. The van der Waals surface area contributed by atoms with Crippen molar-refractivity contribution >= 4 is 5.78 Å². The molecule has 1 aliphatic rings. The zero-order chi connectivity index (χ0) is 10.5. The highest BCUT2D eigenvalue weighted by Gasteiger charge is 2.13. The van der Waals surface area contributed by atoms with Gasteiger partial charge in [0.2, 0.25) is 0 Å². The summed E-state index contributed by atoms with van der Waals surface area (Å²) in [6.07, 6.45) is 3.24. The summed E-state index contributed by atoms with van der Waals surface area (Å²) in [6, 6.07) is 9.57.